The van der Waals surface area contributed by atoms with Crippen LogP contribution in [0.4, 0.5) is 9.18 Å². The topological polar surface area (TPSA) is 44.4 Å². The molecule has 1 rings (SSSR count). The molecule has 4 nitrogen and oxygen atoms in total. The molecule has 0 saturated heterocycles. The summed E-state index contributed by atoms with van der Waals surface area (Å²) in [5.74, 6) is -0.310. The molecule has 1 aromatic rings. The molecule has 0 spiro atoms. The number of benzene rings is 1. The third-order valence-electron chi connectivity index (χ3n) is 3.21. The predicted molar refractivity (Wildman–Crippen MR) is 84.4 cm³/mol. The normalized spacial score (nSPS) is 11.0. The molecule has 0 bridgehead atoms. The number of nitrogens with one attached hydrogen (secondary N) is 2. The summed E-state index contributed by atoms with van der Waals surface area (Å²) in [5.41, 5.74) is 0.444. The van der Waals surface area contributed by atoms with E-state index in [1.807, 2.05) is 0 Å². The molecule has 1 aromatic carbocycles. The second-order valence-corrected chi connectivity index (χ2v) is 4.64. The highest BCUT2D eigenvalue weighted by molar-refractivity contribution is 5.75. The van der Waals surface area contributed by atoms with E-state index in [0.717, 1.165) is 26.1 Å². The monoisotopic (exact) mass is 293 g/mol. The molecule has 0 aromatic heterocycles. The number of urea groups is 1. The number of halogens is 1. The van der Waals surface area contributed by atoms with Crippen LogP contribution in [-0.4, -0.2) is 37.1 Å². The first-order valence-electron chi connectivity index (χ1n) is 7.35. The van der Waals surface area contributed by atoms with E-state index in [-0.39, 0.29) is 11.8 Å². The van der Waals surface area contributed by atoms with Crippen molar-refractivity contribution in [3.05, 3.63) is 41.8 Å². The molecule has 0 radical (unpaired) electrons. The van der Waals surface area contributed by atoms with Gasteiger partial charge in [-0.15, -0.1) is 0 Å². The second-order valence-electron chi connectivity index (χ2n) is 4.64. The van der Waals surface area contributed by atoms with Crippen LogP contribution >= 0.6 is 0 Å². The quantitative estimate of drug-likeness (QED) is 0.724. The van der Waals surface area contributed by atoms with Gasteiger partial charge < -0.3 is 15.5 Å². The first kappa shape index (κ1) is 17.2. The summed E-state index contributed by atoms with van der Waals surface area (Å²) in [6.45, 7) is 7.88. The van der Waals surface area contributed by atoms with Gasteiger partial charge in [0.2, 0.25) is 0 Å². The van der Waals surface area contributed by atoms with Crippen LogP contribution in [0.1, 0.15) is 25.8 Å². The van der Waals surface area contributed by atoms with Crippen LogP contribution < -0.4 is 10.6 Å². The van der Waals surface area contributed by atoms with Crippen LogP contribution in [0.5, 0.6) is 0 Å². The molecular formula is C16H24FN3O. The van der Waals surface area contributed by atoms with E-state index in [1.165, 1.54) is 18.3 Å². The van der Waals surface area contributed by atoms with Crippen LogP contribution in [0, 0.1) is 5.82 Å². The van der Waals surface area contributed by atoms with Crippen LogP contribution in [0.3, 0.4) is 0 Å². The third-order valence-corrected chi connectivity index (χ3v) is 3.21. The Morgan fingerprint density at radius 3 is 2.67 bits per heavy atom. The SMILES string of the molecule is CCN(CC)CCCNC(=O)N/C=C/c1ccccc1F. The number of hydrogen-bond donors (Lipinski definition) is 2. The Hall–Kier alpha value is -1.88. The lowest BCUT2D eigenvalue weighted by molar-refractivity contribution is 0.242. The fraction of sp³-hybridized carbons (Fsp3) is 0.438. The summed E-state index contributed by atoms with van der Waals surface area (Å²) in [6.07, 6.45) is 3.88. The lowest BCUT2D eigenvalue weighted by Crippen LogP contribution is -2.34. The van der Waals surface area contributed by atoms with Gasteiger partial charge >= 0.3 is 6.03 Å². The van der Waals surface area contributed by atoms with E-state index < -0.39 is 0 Å². The highest BCUT2D eigenvalue weighted by atomic mass is 19.1. The fourth-order valence-corrected chi connectivity index (χ4v) is 1.91. The number of nitrogens with zero attached hydrogens (tertiary/aromatic N) is 1. The molecule has 0 atom stereocenters. The van der Waals surface area contributed by atoms with Crippen LogP contribution in [0.25, 0.3) is 6.08 Å². The number of hydrogen-bond acceptors (Lipinski definition) is 2. The number of carbonyl (C=O) groups is 1. The molecule has 2 N–H and O–H groups in total. The average Bonchev–Trinajstić information content (AvgIpc) is 2.49. The smallest absolute Gasteiger partial charge is 0.318 e. The summed E-state index contributed by atoms with van der Waals surface area (Å²) in [6, 6.07) is 6.13. The Morgan fingerprint density at radius 2 is 2.00 bits per heavy atom. The van der Waals surface area contributed by atoms with Crippen molar-refractivity contribution in [3.63, 3.8) is 0 Å². The van der Waals surface area contributed by atoms with E-state index >= 15 is 0 Å². The number of amides is 2. The molecule has 0 heterocycles. The van der Waals surface area contributed by atoms with Gasteiger partial charge in [0, 0.05) is 18.3 Å². The Morgan fingerprint density at radius 1 is 1.29 bits per heavy atom. The molecule has 0 aliphatic rings. The maximum Gasteiger partial charge on any atom is 0.318 e. The van der Waals surface area contributed by atoms with Crippen molar-refractivity contribution in [3.8, 4) is 0 Å². The average molecular weight is 293 g/mol. The molecule has 116 valence electrons. The van der Waals surface area contributed by atoms with Crippen molar-refractivity contribution >= 4 is 12.1 Å². The maximum absolute atomic E-state index is 13.3. The third kappa shape index (κ3) is 6.90. The Bertz CT molecular complexity index is 459. The van der Waals surface area contributed by atoms with E-state index in [2.05, 4.69) is 29.4 Å². The van der Waals surface area contributed by atoms with Crippen molar-refractivity contribution < 1.29 is 9.18 Å². The molecule has 0 saturated carbocycles. The molecule has 0 fully saturated rings. The van der Waals surface area contributed by atoms with Gasteiger partial charge in [-0.1, -0.05) is 32.0 Å². The van der Waals surface area contributed by atoms with Crippen molar-refractivity contribution in [2.75, 3.05) is 26.2 Å². The van der Waals surface area contributed by atoms with Crippen molar-refractivity contribution in [1.82, 2.24) is 15.5 Å². The highest BCUT2D eigenvalue weighted by Crippen LogP contribution is 2.07. The van der Waals surface area contributed by atoms with Crippen LogP contribution in [0.15, 0.2) is 30.5 Å². The molecule has 21 heavy (non-hydrogen) atoms. The molecule has 0 unspecified atom stereocenters. The van der Waals surface area contributed by atoms with Gasteiger partial charge in [0.15, 0.2) is 0 Å². The Labute approximate surface area is 126 Å². The van der Waals surface area contributed by atoms with E-state index in [0.29, 0.717) is 12.1 Å². The van der Waals surface area contributed by atoms with Crippen molar-refractivity contribution in [2.45, 2.75) is 20.3 Å². The Balaban J connectivity index is 2.21. The minimum atomic E-state index is -0.310. The summed E-state index contributed by atoms with van der Waals surface area (Å²) in [5, 5.41) is 5.33. The molecule has 2 amide bonds. The second kappa shape index (κ2) is 9.94. The zero-order valence-electron chi connectivity index (χ0n) is 12.7. The van der Waals surface area contributed by atoms with Crippen molar-refractivity contribution in [2.24, 2.45) is 0 Å². The van der Waals surface area contributed by atoms with E-state index in [4.69, 9.17) is 0 Å². The minimum absolute atomic E-state index is 0.276. The van der Waals surface area contributed by atoms with Gasteiger partial charge in [-0.25, -0.2) is 9.18 Å². The number of carbonyl (C=O) groups excluding carboxylic acids is 1. The first-order valence-corrected chi connectivity index (χ1v) is 7.35. The maximum atomic E-state index is 13.3. The van der Waals surface area contributed by atoms with Gasteiger partial charge in [0.05, 0.1) is 0 Å². The van der Waals surface area contributed by atoms with Gasteiger partial charge in [-0.05, 0) is 38.2 Å². The van der Waals surface area contributed by atoms with Gasteiger partial charge in [-0.3, -0.25) is 0 Å². The summed E-state index contributed by atoms with van der Waals surface area (Å²) in [7, 11) is 0. The lowest BCUT2D eigenvalue weighted by Gasteiger charge is -2.17. The largest absolute Gasteiger partial charge is 0.338 e. The highest BCUT2D eigenvalue weighted by Gasteiger charge is 2.00. The summed E-state index contributed by atoms with van der Waals surface area (Å²) >= 11 is 0. The van der Waals surface area contributed by atoms with E-state index in [1.54, 1.807) is 18.2 Å². The van der Waals surface area contributed by atoms with Gasteiger partial charge in [0.1, 0.15) is 5.82 Å². The van der Waals surface area contributed by atoms with Gasteiger partial charge in [0.25, 0.3) is 0 Å². The number of rotatable bonds is 8. The molecular weight excluding hydrogens is 269 g/mol. The first-order chi connectivity index (χ1) is 10.2. The van der Waals surface area contributed by atoms with E-state index in [9.17, 15) is 9.18 Å². The lowest BCUT2D eigenvalue weighted by atomic mass is 10.2. The van der Waals surface area contributed by atoms with Crippen LogP contribution in [0.2, 0.25) is 0 Å². The summed E-state index contributed by atoms with van der Waals surface area (Å²) in [4.78, 5) is 13.8. The zero-order valence-corrected chi connectivity index (χ0v) is 12.7. The Kier molecular flexibility index (Phi) is 8.12. The molecule has 5 heteroatoms. The fourth-order valence-electron chi connectivity index (χ4n) is 1.91. The standard InChI is InChI=1S/C16H24FN3O/c1-3-20(4-2)13-7-11-18-16(21)19-12-10-14-8-5-6-9-15(14)17/h5-6,8-10,12H,3-4,7,11,13H2,1-2H3,(H2,18,19,21)/b12-10+. The summed E-state index contributed by atoms with van der Waals surface area (Å²) < 4.78 is 13.3. The predicted octanol–water partition coefficient (Wildman–Crippen LogP) is 2.83. The zero-order chi connectivity index (χ0) is 15.5. The van der Waals surface area contributed by atoms with Gasteiger partial charge in [-0.2, -0.15) is 0 Å². The molecule has 0 aliphatic heterocycles. The van der Waals surface area contributed by atoms with Crippen LogP contribution in [-0.2, 0) is 0 Å². The molecule has 0 aliphatic carbocycles. The minimum Gasteiger partial charge on any atom is -0.338 e. The van der Waals surface area contributed by atoms with Crippen molar-refractivity contribution in [1.29, 1.82) is 0 Å².